The molecule has 0 spiro atoms. The van der Waals surface area contributed by atoms with Gasteiger partial charge in [0.05, 0.1) is 6.54 Å². The molecule has 19 heavy (non-hydrogen) atoms. The number of pyridine rings is 1. The van der Waals surface area contributed by atoms with Gasteiger partial charge in [-0.3, -0.25) is 9.78 Å². The fourth-order valence-electron chi connectivity index (χ4n) is 1.74. The molecule has 0 saturated heterocycles. The summed E-state index contributed by atoms with van der Waals surface area (Å²) in [5, 5.41) is 3.16. The fraction of sp³-hybridized carbons (Fsp3) is 0.308. The van der Waals surface area contributed by atoms with Crippen LogP contribution < -0.4 is 5.32 Å². The van der Waals surface area contributed by atoms with Crippen molar-refractivity contribution in [1.82, 2.24) is 19.9 Å². The molecule has 2 aromatic heterocycles. The molecule has 6 nitrogen and oxygen atoms in total. The van der Waals surface area contributed by atoms with E-state index in [0.717, 1.165) is 18.1 Å². The van der Waals surface area contributed by atoms with Gasteiger partial charge in [-0.25, -0.2) is 4.98 Å². The van der Waals surface area contributed by atoms with Crippen LogP contribution in [0.15, 0.2) is 30.7 Å². The summed E-state index contributed by atoms with van der Waals surface area (Å²) in [6, 6.07) is 3.59. The minimum Gasteiger partial charge on any atom is -0.385 e. The van der Waals surface area contributed by atoms with E-state index in [1.807, 2.05) is 13.0 Å². The van der Waals surface area contributed by atoms with E-state index in [4.69, 9.17) is 0 Å². The van der Waals surface area contributed by atoms with Crippen LogP contribution in [0.3, 0.4) is 0 Å². The molecule has 0 saturated carbocycles. The third kappa shape index (κ3) is 3.31. The van der Waals surface area contributed by atoms with Gasteiger partial charge in [-0.15, -0.1) is 0 Å². The monoisotopic (exact) mass is 259 g/mol. The van der Waals surface area contributed by atoms with Crippen molar-refractivity contribution >= 4 is 11.6 Å². The molecule has 0 aliphatic heterocycles. The van der Waals surface area contributed by atoms with Crippen LogP contribution in [0.4, 0.5) is 5.69 Å². The van der Waals surface area contributed by atoms with Gasteiger partial charge in [0, 0.05) is 37.9 Å². The van der Waals surface area contributed by atoms with Crippen LogP contribution in [0.1, 0.15) is 23.2 Å². The van der Waals surface area contributed by atoms with Crippen molar-refractivity contribution in [2.24, 2.45) is 0 Å². The second-order valence-corrected chi connectivity index (χ2v) is 4.16. The lowest BCUT2D eigenvalue weighted by molar-refractivity contribution is 0.0776. The Kier molecular flexibility index (Phi) is 4.12. The highest BCUT2D eigenvalue weighted by molar-refractivity contribution is 5.92. The quantitative estimate of drug-likeness (QED) is 0.853. The summed E-state index contributed by atoms with van der Waals surface area (Å²) >= 11 is 0. The van der Waals surface area contributed by atoms with Crippen LogP contribution in [-0.2, 0) is 6.54 Å². The third-order valence-corrected chi connectivity index (χ3v) is 2.65. The lowest BCUT2D eigenvalue weighted by Gasteiger charge is -2.15. The Morgan fingerprint density at radius 2 is 2.26 bits per heavy atom. The Bertz CT molecular complexity index is 538. The molecular formula is C13H17N5O. The van der Waals surface area contributed by atoms with Crippen LogP contribution in [0.2, 0.25) is 0 Å². The second-order valence-electron chi connectivity index (χ2n) is 4.16. The van der Waals surface area contributed by atoms with Gasteiger partial charge in [0.1, 0.15) is 11.5 Å². The Balaban J connectivity index is 2.08. The highest BCUT2D eigenvalue weighted by Crippen LogP contribution is 2.10. The molecule has 0 aliphatic carbocycles. The molecule has 2 rings (SSSR count). The first-order valence-electron chi connectivity index (χ1n) is 6.14. The number of carbonyl (C=O) groups is 1. The summed E-state index contributed by atoms with van der Waals surface area (Å²) in [5.74, 6) is 0.620. The standard InChI is InChI=1S/C13H17N5O/c1-3-14-10-4-5-15-11(8-10)13(19)18(2)9-12-16-6-7-17-12/h4-8H,3,9H2,1-2H3,(H,14,15)(H,16,17). The normalized spacial score (nSPS) is 10.2. The van der Waals surface area contributed by atoms with Crippen molar-refractivity contribution in [2.45, 2.75) is 13.5 Å². The lowest BCUT2D eigenvalue weighted by Crippen LogP contribution is -2.27. The fourth-order valence-corrected chi connectivity index (χ4v) is 1.74. The number of amides is 1. The number of hydrogen-bond acceptors (Lipinski definition) is 4. The third-order valence-electron chi connectivity index (χ3n) is 2.65. The number of imidazole rings is 1. The molecule has 2 heterocycles. The van der Waals surface area contributed by atoms with Gasteiger partial charge in [-0.05, 0) is 19.1 Å². The zero-order valence-electron chi connectivity index (χ0n) is 11.1. The highest BCUT2D eigenvalue weighted by Gasteiger charge is 2.14. The molecule has 0 atom stereocenters. The van der Waals surface area contributed by atoms with Gasteiger partial charge < -0.3 is 15.2 Å². The van der Waals surface area contributed by atoms with Gasteiger partial charge in [-0.2, -0.15) is 0 Å². The number of carbonyl (C=O) groups excluding carboxylic acids is 1. The summed E-state index contributed by atoms with van der Waals surface area (Å²) in [6.45, 7) is 3.24. The van der Waals surface area contributed by atoms with Crippen molar-refractivity contribution in [3.05, 3.63) is 42.2 Å². The molecule has 0 fully saturated rings. The van der Waals surface area contributed by atoms with Gasteiger partial charge in [0.25, 0.3) is 5.91 Å². The average molecular weight is 259 g/mol. The summed E-state index contributed by atoms with van der Waals surface area (Å²) in [7, 11) is 1.73. The number of rotatable bonds is 5. The Labute approximate surface area is 111 Å². The minimum absolute atomic E-state index is 0.129. The minimum atomic E-state index is -0.129. The first kappa shape index (κ1) is 13.1. The second kappa shape index (κ2) is 5.99. The molecule has 0 radical (unpaired) electrons. The van der Waals surface area contributed by atoms with E-state index < -0.39 is 0 Å². The van der Waals surface area contributed by atoms with Crippen LogP contribution in [-0.4, -0.2) is 39.4 Å². The molecule has 100 valence electrons. The van der Waals surface area contributed by atoms with Crippen molar-refractivity contribution in [2.75, 3.05) is 18.9 Å². The Hall–Kier alpha value is -2.37. The number of nitrogens with zero attached hydrogens (tertiary/aromatic N) is 3. The summed E-state index contributed by atoms with van der Waals surface area (Å²) in [6.07, 6.45) is 5.03. The molecule has 2 N–H and O–H groups in total. The van der Waals surface area contributed by atoms with E-state index in [1.165, 1.54) is 0 Å². The van der Waals surface area contributed by atoms with Crippen LogP contribution in [0, 0.1) is 0 Å². The number of hydrogen-bond donors (Lipinski definition) is 2. The predicted molar refractivity (Wildman–Crippen MR) is 72.8 cm³/mol. The average Bonchev–Trinajstić information content (AvgIpc) is 2.91. The molecule has 0 bridgehead atoms. The Morgan fingerprint density at radius 3 is 2.95 bits per heavy atom. The van der Waals surface area contributed by atoms with E-state index in [9.17, 15) is 4.79 Å². The first-order valence-corrected chi connectivity index (χ1v) is 6.14. The largest absolute Gasteiger partial charge is 0.385 e. The maximum absolute atomic E-state index is 12.2. The summed E-state index contributed by atoms with van der Waals surface area (Å²) in [5.41, 5.74) is 1.32. The van der Waals surface area contributed by atoms with Gasteiger partial charge in [0.2, 0.25) is 0 Å². The predicted octanol–water partition coefficient (Wildman–Crippen LogP) is 1.51. The van der Waals surface area contributed by atoms with Crippen molar-refractivity contribution in [3.63, 3.8) is 0 Å². The zero-order chi connectivity index (χ0) is 13.7. The number of aromatic nitrogens is 3. The molecule has 0 aliphatic rings. The number of anilines is 1. The molecule has 1 amide bonds. The van der Waals surface area contributed by atoms with Crippen LogP contribution in [0.25, 0.3) is 0 Å². The molecule has 6 heteroatoms. The maximum Gasteiger partial charge on any atom is 0.272 e. The number of H-pyrrole nitrogens is 1. The molecule has 0 aromatic carbocycles. The molecule has 0 unspecified atom stereocenters. The number of aromatic amines is 1. The van der Waals surface area contributed by atoms with Crippen molar-refractivity contribution < 1.29 is 4.79 Å². The highest BCUT2D eigenvalue weighted by atomic mass is 16.2. The smallest absolute Gasteiger partial charge is 0.272 e. The van der Waals surface area contributed by atoms with Gasteiger partial charge >= 0.3 is 0 Å². The first-order chi connectivity index (χ1) is 9.20. The maximum atomic E-state index is 12.2. The summed E-state index contributed by atoms with van der Waals surface area (Å²) in [4.78, 5) is 25.0. The zero-order valence-corrected chi connectivity index (χ0v) is 11.1. The SMILES string of the molecule is CCNc1ccnc(C(=O)N(C)Cc2ncc[nH]2)c1. The van der Waals surface area contributed by atoms with Crippen LogP contribution in [0.5, 0.6) is 0 Å². The van der Waals surface area contributed by atoms with Gasteiger partial charge in [0.15, 0.2) is 0 Å². The van der Waals surface area contributed by atoms with E-state index in [2.05, 4.69) is 20.3 Å². The van der Waals surface area contributed by atoms with E-state index in [0.29, 0.717) is 12.2 Å². The topological polar surface area (TPSA) is 73.9 Å². The Morgan fingerprint density at radius 1 is 1.42 bits per heavy atom. The lowest BCUT2D eigenvalue weighted by atomic mass is 10.3. The van der Waals surface area contributed by atoms with Crippen molar-refractivity contribution in [1.29, 1.82) is 0 Å². The molecule has 2 aromatic rings. The van der Waals surface area contributed by atoms with E-state index in [-0.39, 0.29) is 5.91 Å². The van der Waals surface area contributed by atoms with E-state index >= 15 is 0 Å². The van der Waals surface area contributed by atoms with Gasteiger partial charge in [-0.1, -0.05) is 0 Å². The summed E-state index contributed by atoms with van der Waals surface area (Å²) < 4.78 is 0. The van der Waals surface area contributed by atoms with Crippen molar-refractivity contribution in [3.8, 4) is 0 Å². The number of nitrogens with one attached hydrogen (secondary N) is 2. The van der Waals surface area contributed by atoms with E-state index in [1.54, 1.807) is 36.6 Å². The van der Waals surface area contributed by atoms with Crippen LogP contribution >= 0.6 is 0 Å². The molecular weight excluding hydrogens is 242 g/mol.